The SMILES string of the molecule is CCN1CCCC1CN(C)C(C)C(C)NC. The van der Waals surface area contributed by atoms with Crippen molar-refractivity contribution < 1.29 is 0 Å². The summed E-state index contributed by atoms with van der Waals surface area (Å²) < 4.78 is 0. The molecular weight excluding hydrogens is 198 g/mol. The quantitative estimate of drug-likeness (QED) is 0.740. The molecule has 0 aromatic carbocycles. The van der Waals surface area contributed by atoms with Gasteiger partial charge >= 0.3 is 0 Å². The molecule has 1 aliphatic heterocycles. The van der Waals surface area contributed by atoms with Gasteiger partial charge in [0.25, 0.3) is 0 Å². The van der Waals surface area contributed by atoms with E-state index >= 15 is 0 Å². The Morgan fingerprint density at radius 2 is 2.12 bits per heavy atom. The van der Waals surface area contributed by atoms with Crippen LogP contribution < -0.4 is 5.32 Å². The van der Waals surface area contributed by atoms with Gasteiger partial charge in [-0.05, 0) is 53.9 Å². The highest BCUT2D eigenvalue weighted by Gasteiger charge is 2.26. The van der Waals surface area contributed by atoms with Crippen molar-refractivity contribution in [3.05, 3.63) is 0 Å². The van der Waals surface area contributed by atoms with Gasteiger partial charge in [-0.1, -0.05) is 6.92 Å². The third kappa shape index (κ3) is 3.44. The van der Waals surface area contributed by atoms with Gasteiger partial charge in [0.1, 0.15) is 0 Å². The van der Waals surface area contributed by atoms with E-state index in [1.54, 1.807) is 0 Å². The zero-order valence-electron chi connectivity index (χ0n) is 11.7. The Balaban J connectivity index is 2.40. The third-order valence-electron chi connectivity index (χ3n) is 4.28. The first-order valence-electron chi connectivity index (χ1n) is 6.71. The molecule has 1 heterocycles. The molecule has 1 N–H and O–H groups in total. The zero-order valence-corrected chi connectivity index (χ0v) is 11.7. The summed E-state index contributed by atoms with van der Waals surface area (Å²) in [6, 6.07) is 1.94. The molecule has 0 aliphatic carbocycles. The second-order valence-corrected chi connectivity index (χ2v) is 5.18. The van der Waals surface area contributed by atoms with E-state index < -0.39 is 0 Å². The van der Waals surface area contributed by atoms with E-state index in [2.05, 4.69) is 42.9 Å². The van der Waals surface area contributed by atoms with Crippen molar-refractivity contribution in [2.24, 2.45) is 0 Å². The predicted molar refractivity (Wildman–Crippen MR) is 70.9 cm³/mol. The van der Waals surface area contributed by atoms with Crippen LogP contribution >= 0.6 is 0 Å². The topological polar surface area (TPSA) is 18.5 Å². The molecule has 1 fully saturated rings. The van der Waals surface area contributed by atoms with Crippen molar-refractivity contribution in [1.29, 1.82) is 0 Å². The molecule has 96 valence electrons. The highest BCUT2D eigenvalue weighted by atomic mass is 15.2. The molecule has 3 unspecified atom stereocenters. The Kier molecular flexibility index (Phi) is 5.73. The minimum Gasteiger partial charge on any atom is -0.316 e. The Morgan fingerprint density at radius 1 is 1.44 bits per heavy atom. The predicted octanol–water partition coefficient (Wildman–Crippen LogP) is 1.40. The number of likely N-dealkylation sites (tertiary alicyclic amines) is 1. The van der Waals surface area contributed by atoms with Gasteiger partial charge in [0.15, 0.2) is 0 Å². The lowest BCUT2D eigenvalue weighted by atomic mass is 10.1. The van der Waals surface area contributed by atoms with Crippen molar-refractivity contribution in [2.45, 2.75) is 51.7 Å². The number of nitrogens with one attached hydrogen (secondary N) is 1. The van der Waals surface area contributed by atoms with Gasteiger partial charge in [0.2, 0.25) is 0 Å². The summed E-state index contributed by atoms with van der Waals surface area (Å²) in [5.74, 6) is 0. The molecule has 3 atom stereocenters. The zero-order chi connectivity index (χ0) is 12.1. The molecule has 3 nitrogen and oxygen atoms in total. The minimum absolute atomic E-state index is 0.557. The number of likely N-dealkylation sites (N-methyl/N-ethyl adjacent to an activating group) is 3. The maximum Gasteiger partial charge on any atom is 0.0223 e. The van der Waals surface area contributed by atoms with Crippen molar-refractivity contribution in [1.82, 2.24) is 15.1 Å². The van der Waals surface area contributed by atoms with Crippen molar-refractivity contribution in [3.8, 4) is 0 Å². The van der Waals surface area contributed by atoms with Crippen LogP contribution in [-0.2, 0) is 0 Å². The second-order valence-electron chi connectivity index (χ2n) is 5.18. The molecule has 1 saturated heterocycles. The van der Waals surface area contributed by atoms with E-state index in [1.165, 1.54) is 32.5 Å². The van der Waals surface area contributed by atoms with Crippen LogP contribution in [0.15, 0.2) is 0 Å². The molecule has 0 spiro atoms. The number of hydrogen-bond acceptors (Lipinski definition) is 3. The second kappa shape index (κ2) is 6.58. The number of hydrogen-bond donors (Lipinski definition) is 1. The highest BCUT2D eigenvalue weighted by molar-refractivity contribution is 4.83. The lowest BCUT2D eigenvalue weighted by Crippen LogP contribution is -2.48. The molecule has 0 aromatic heterocycles. The van der Waals surface area contributed by atoms with Gasteiger partial charge in [0.05, 0.1) is 0 Å². The Labute approximate surface area is 101 Å². The summed E-state index contributed by atoms with van der Waals surface area (Å²) in [6.45, 7) is 10.6. The molecule has 0 saturated carbocycles. The summed E-state index contributed by atoms with van der Waals surface area (Å²) in [5.41, 5.74) is 0. The lowest BCUT2D eigenvalue weighted by Gasteiger charge is -2.34. The van der Waals surface area contributed by atoms with Crippen LogP contribution in [0.1, 0.15) is 33.6 Å². The first-order valence-corrected chi connectivity index (χ1v) is 6.71. The largest absolute Gasteiger partial charge is 0.316 e. The van der Waals surface area contributed by atoms with Crippen LogP contribution in [0.5, 0.6) is 0 Å². The number of nitrogens with zero attached hydrogens (tertiary/aromatic N) is 2. The summed E-state index contributed by atoms with van der Waals surface area (Å²) in [6.07, 6.45) is 2.75. The van der Waals surface area contributed by atoms with Gasteiger partial charge in [-0.25, -0.2) is 0 Å². The standard InChI is InChI=1S/C13H29N3/c1-6-16-9-7-8-13(16)10-15(5)12(3)11(2)14-4/h11-14H,6-10H2,1-5H3. The summed E-state index contributed by atoms with van der Waals surface area (Å²) in [5, 5.41) is 3.34. The van der Waals surface area contributed by atoms with Gasteiger partial charge in [-0.2, -0.15) is 0 Å². The molecular formula is C13H29N3. The monoisotopic (exact) mass is 227 g/mol. The maximum atomic E-state index is 3.34. The van der Waals surface area contributed by atoms with Crippen LogP contribution in [0.4, 0.5) is 0 Å². The van der Waals surface area contributed by atoms with Crippen LogP contribution in [0.2, 0.25) is 0 Å². The normalized spacial score (nSPS) is 26.2. The molecule has 3 heteroatoms. The smallest absolute Gasteiger partial charge is 0.0223 e. The molecule has 1 rings (SSSR count). The first-order chi connectivity index (χ1) is 7.60. The van der Waals surface area contributed by atoms with Gasteiger partial charge < -0.3 is 10.2 Å². The third-order valence-corrected chi connectivity index (χ3v) is 4.28. The highest BCUT2D eigenvalue weighted by Crippen LogP contribution is 2.18. The van der Waals surface area contributed by atoms with Crippen LogP contribution in [0.3, 0.4) is 0 Å². The molecule has 0 radical (unpaired) electrons. The molecule has 0 aromatic rings. The van der Waals surface area contributed by atoms with Gasteiger partial charge in [-0.15, -0.1) is 0 Å². The lowest BCUT2D eigenvalue weighted by molar-refractivity contribution is 0.153. The first kappa shape index (κ1) is 13.9. The Morgan fingerprint density at radius 3 is 2.69 bits per heavy atom. The Hall–Kier alpha value is -0.120. The van der Waals surface area contributed by atoms with Crippen LogP contribution in [-0.4, -0.2) is 61.7 Å². The van der Waals surface area contributed by atoms with E-state index in [0.717, 1.165) is 6.04 Å². The van der Waals surface area contributed by atoms with E-state index in [4.69, 9.17) is 0 Å². The maximum absolute atomic E-state index is 3.34. The van der Waals surface area contributed by atoms with Crippen LogP contribution in [0.25, 0.3) is 0 Å². The van der Waals surface area contributed by atoms with Crippen LogP contribution in [0, 0.1) is 0 Å². The fourth-order valence-electron chi connectivity index (χ4n) is 2.64. The minimum atomic E-state index is 0.557. The fourth-order valence-corrected chi connectivity index (χ4v) is 2.64. The summed E-state index contributed by atoms with van der Waals surface area (Å²) in [4.78, 5) is 5.12. The molecule has 0 amide bonds. The molecule has 16 heavy (non-hydrogen) atoms. The fraction of sp³-hybridized carbons (Fsp3) is 1.00. The van der Waals surface area contributed by atoms with Crippen molar-refractivity contribution >= 4 is 0 Å². The average Bonchev–Trinajstić information content (AvgIpc) is 2.74. The Bertz CT molecular complexity index is 196. The van der Waals surface area contributed by atoms with E-state index in [0.29, 0.717) is 12.1 Å². The summed E-state index contributed by atoms with van der Waals surface area (Å²) >= 11 is 0. The van der Waals surface area contributed by atoms with E-state index in [1.807, 2.05) is 7.05 Å². The molecule has 0 bridgehead atoms. The van der Waals surface area contributed by atoms with Gasteiger partial charge in [-0.3, -0.25) is 4.90 Å². The average molecular weight is 227 g/mol. The van der Waals surface area contributed by atoms with E-state index in [-0.39, 0.29) is 0 Å². The van der Waals surface area contributed by atoms with Gasteiger partial charge in [0, 0.05) is 24.7 Å². The van der Waals surface area contributed by atoms with Crippen molar-refractivity contribution in [2.75, 3.05) is 33.7 Å². The molecule has 1 aliphatic rings. The summed E-state index contributed by atoms with van der Waals surface area (Å²) in [7, 11) is 4.30. The van der Waals surface area contributed by atoms with E-state index in [9.17, 15) is 0 Å². The number of rotatable bonds is 6. The van der Waals surface area contributed by atoms with Crippen molar-refractivity contribution in [3.63, 3.8) is 0 Å².